The third kappa shape index (κ3) is 7.85. The maximum absolute atomic E-state index is 11.1. The van der Waals surface area contributed by atoms with E-state index >= 15 is 0 Å². The Morgan fingerprint density at radius 2 is 1.40 bits per heavy atom. The quantitative estimate of drug-likeness (QED) is 0.453. The van der Waals surface area contributed by atoms with E-state index in [0.717, 1.165) is 19.3 Å². The van der Waals surface area contributed by atoms with E-state index in [4.69, 9.17) is 10.8 Å². The number of aliphatic hydroxyl groups is 1. The molecule has 0 bridgehead atoms. The Morgan fingerprint density at radius 1 is 1.00 bits per heavy atom. The van der Waals surface area contributed by atoms with Crippen LogP contribution >= 0.6 is 0 Å². The second-order valence-corrected chi connectivity index (χ2v) is 5.95. The molecule has 0 aromatic carbocycles. The summed E-state index contributed by atoms with van der Waals surface area (Å²) >= 11 is 0. The second kappa shape index (κ2) is 11.1. The highest BCUT2D eigenvalue weighted by molar-refractivity contribution is 5.79. The zero-order chi connectivity index (χ0) is 15.4. The van der Waals surface area contributed by atoms with Gasteiger partial charge in [-0.15, -0.1) is 0 Å². The molecule has 2 atom stereocenters. The van der Waals surface area contributed by atoms with Crippen molar-refractivity contribution < 1.29 is 15.0 Å². The van der Waals surface area contributed by atoms with Gasteiger partial charge in [0, 0.05) is 0 Å². The van der Waals surface area contributed by atoms with Crippen LogP contribution in [0.4, 0.5) is 0 Å². The summed E-state index contributed by atoms with van der Waals surface area (Å²) in [6.45, 7) is 3.67. The van der Waals surface area contributed by atoms with Gasteiger partial charge >= 0.3 is 5.97 Å². The van der Waals surface area contributed by atoms with Gasteiger partial charge in [-0.25, -0.2) is 0 Å². The molecule has 0 fully saturated rings. The minimum absolute atomic E-state index is 0.344. The van der Waals surface area contributed by atoms with Crippen molar-refractivity contribution in [3.63, 3.8) is 0 Å². The molecule has 0 saturated heterocycles. The average molecular weight is 287 g/mol. The summed E-state index contributed by atoms with van der Waals surface area (Å²) < 4.78 is 0. The number of carbonyl (C=O) groups is 1. The number of hydrogen-bond donors (Lipinski definition) is 3. The molecule has 0 saturated carbocycles. The topological polar surface area (TPSA) is 83.6 Å². The van der Waals surface area contributed by atoms with Crippen molar-refractivity contribution in [3.8, 4) is 0 Å². The van der Waals surface area contributed by atoms with Crippen LogP contribution in [0.15, 0.2) is 0 Å². The van der Waals surface area contributed by atoms with Crippen LogP contribution in [-0.2, 0) is 4.79 Å². The fourth-order valence-corrected chi connectivity index (χ4v) is 2.40. The zero-order valence-electron chi connectivity index (χ0n) is 13.2. The summed E-state index contributed by atoms with van der Waals surface area (Å²) in [4.78, 5) is 11.1. The summed E-state index contributed by atoms with van der Waals surface area (Å²) in [6, 6.07) is 0. The molecule has 0 aromatic heterocycles. The van der Waals surface area contributed by atoms with Gasteiger partial charge in [0.1, 0.15) is 5.54 Å². The van der Waals surface area contributed by atoms with Gasteiger partial charge in [-0.05, 0) is 13.3 Å². The summed E-state index contributed by atoms with van der Waals surface area (Å²) in [5, 5.41) is 18.5. The predicted molar refractivity (Wildman–Crippen MR) is 82.7 cm³/mol. The summed E-state index contributed by atoms with van der Waals surface area (Å²) in [7, 11) is 0. The number of carboxylic acids is 1. The van der Waals surface area contributed by atoms with E-state index in [2.05, 4.69) is 6.92 Å². The summed E-state index contributed by atoms with van der Waals surface area (Å²) in [5.41, 5.74) is 4.26. The minimum atomic E-state index is -1.49. The Morgan fingerprint density at radius 3 is 1.75 bits per heavy atom. The molecule has 4 N–H and O–H groups in total. The van der Waals surface area contributed by atoms with Crippen LogP contribution in [0.3, 0.4) is 0 Å². The summed E-state index contributed by atoms with van der Waals surface area (Å²) in [5.74, 6) is -1.11. The molecule has 0 aromatic rings. The van der Waals surface area contributed by atoms with Crippen molar-refractivity contribution in [1.82, 2.24) is 0 Å². The van der Waals surface area contributed by atoms with Crippen molar-refractivity contribution in [1.29, 1.82) is 0 Å². The van der Waals surface area contributed by atoms with Crippen LogP contribution in [0.2, 0.25) is 0 Å². The number of rotatable bonds is 13. The van der Waals surface area contributed by atoms with E-state index in [1.165, 1.54) is 51.9 Å². The second-order valence-electron chi connectivity index (χ2n) is 5.95. The lowest BCUT2D eigenvalue weighted by Gasteiger charge is -2.27. The minimum Gasteiger partial charge on any atom is -0.480 e. The van der Waals surface area contributed by atoms with Gasteiger partial charge < -0.3 is 15.9 Å². The number of aliphatic carboxylic acids is 1. The van der Waals surface area contributed by atoms with E-state index in [0.29, 0.717) is 6.42 Å². The molecular weight excluding hydrogens is 254 g/mol. The number of unbranched alkanes of at least 4 members (excludes halogenated alkanes) is 9. The fraction of sp³-hybridized carbons (Fsp3) is 0.938. The largest absolute Gasteiger partial charge is 0.480 e. The van der Waals surface area contributed by atoms with Gasteiger partial charge in [0.25, 0.3) is 0 Å². The standard InChI is InChI=1S/C16H33NO3/c1-3-4-5-6-7-8-9-10-11-12-13-16(17,14(2)18)15(19)20/h14,18H,3-13,17H2,1-2H3,(H,19,20). The van der Waals surface area contributed by atoms with Gasteiger partial charge in [0.05, 0.1) is 6.10 Å². The first-order valence-electron chi connectivity index (χ1n) is 8.15. The lowest BCUT2D eigenvalue weighted by atomic mass is 9.88. The molecular formula is C16H33NO3. The number of nitrogens with two attached hydrogens (primary N) is 1. The molecule has 20 heavy (non-hydrogen) atoms. The highest BCUT2D eigenvalue weighted by Gasteiger charge is 2.38. The van der Waals surface area contributed by atoms with Crippen molar-refractivity contribution in [2.75, 3.05) is 0 Å². The van der Waals surface area contributed by atoms with Crippen LogP contribution in [0.1, 0.15) is 84.5 Å². The molecule has 0 aliphatic heterocycles. The first kappa shape index (κ1) is 19.4. The third-order valence-corrected chi connectivity index (χ3v) is 4.09. The molecule has 0 aliphatic rings. The van der Waals surface area contributed by atoms with Crippen molar-refractivity contribution in [2.24, 2.45) is 5.73 Å². The van der Waals surface area contributed by atoms with Crippen molar-refractivity contribution in [2.45, 2.75) is 96.1 Å². The molecule has 2 unspecified atom stereocenters. The van der Waals surface area contributed by atoms with Gasteiger partial charge in [0.2, 0.25) is 0 Å². The maximum Gasteiger partial charge on any atom is 0.326 e. The van der Waals surface area contributed by atoms with Crippen LogP contribution in [-0.4, -0.2) is 27.8 Å². The van der Waals surface area contributed by atoms with Gasteiger partial charge in [-0.2, -0.15) is 0 Å². The highest BCUT2D eigenvalue weighted by atomic mass is 16.4. The Hall–Kier alpha value is -0.610. The Labute approximate surface area is 123 Å². The average Bonchev–Trinajstić information content (AvgIpc) is 2.40. The van der Waals surface area contributed by atoms with Gasteiger partial charge in [-0.1, -0.05) is 71.1 Å². The van der Waals surface area contributed by atoms with Gasteiger partial charge in [-0.3, -0.25) is 4.79 Å². The number of aliphatic hydroxyl groups excluding tert-OH is 1. The SMILES string of the molecule is CCCCCCCCCCCCC(N)(C(=O)O)C(C)O. The number of carboxylic acid groups (broad SMARTS) is 1. The Kier molecular flexibility index (Phi) is 10.8. The molecule has 0 aliphatic carbocycles. The first-order chi connectivity index (χ1) is 9.45. The number of hydrogen-bond acceptors (Lipinski definition) is 3. The Balaban J connectivity index is 3.54. The lowest BCUT2D eigenvalue weighted by Crippen LogP contribution is -2.56. The van der Waals surface area contributed by atoms with Crippen molar-refractivity contribution in [3.05, 3.63) is 0 Å². The van der Waals surface area contributed by atoms with Crippen LogP contribution < -0.4 is 5.73 Å². The Bertz CT molecular complexity index is 256. The lowest BCUT2D eigenvalue weighted by molar-refractivity contribution is -0.148. The maximum atomic E-state index is 11.1. The highest BCUT2D eigenvalue weighted by Crippen LogP contribution is 2.18. The molecule has 0 radical (unpaired) electrons. The molecule has 120 valence electrons. The van der Waals surface area contributed by atoms with E-state index in [9.17, 15) is 9.90 Å². The first-order valence-corrected chi connectivity index (χ1v) is 8.15. The van der Waals surface area contributed by atoms with E-state index in [1.807, 2.05) is 0 Å². The van der Waals surface area contributed by atoms with Gasteiger partial charge in [0.15, 0.2) is 0 Å². The monoisotopic (exact) mass is 287 g/mol. The zero-order valence-corrected chi connectivity index (χ0v) is 13.2. The van der Waals surface area contributed by atoms with E-state index < -0.39 is 17.6 Å². The fourth-order valence-electron chi connectivity index (χ4n) is 2.40. The molecule has 0 amide bonds. The van der Waals surface area contributed by atoms with Crippen LogP contribution in [0.5, 0.6) is 0 Å². The molecule has 4 nitrogen and oxygen atoms in total. The normalized spacial score (nSPS) is 15.8. The molecule has 0 rings (SSSR count). The predicted octanol–water partition coefficient (Wildman–Crippen LogP) is 3.46. The molecule has 0 heterocycles. The smallest absolute Gasteiger partial charge is 0.326 e. The van der Waals surface area contributed by atoms with Crippen LogP contribution in [0, 0.1) is 0 Å². The molecule has 4 heteroatoms. The van der Waals surface area contributed by atoms with E-state index in [-0.39, 0.29) is 0 Å². The van der Waals surface area contributed by atoms with E-state index in [1.54, 1.807) is 0 Å². The molecule has 0 spiro atoms. The summed E-state index contributed by atoms with van der Waals surface area (Å²) in [6.07, 6.45) is 11.3. The van der Waals surface area contributed by atoms with Crippen molar-refractivity contribution >= 4 is 5.97 Å². The third-order valence-electron chi connectivity index (χ3n) is 4.09. The van der Waals surface area contributed by atoms with Crippen LogP contribution in [0.25, 0.3) is 0 Å².